The van der Waals surface area contributed by atoms with Gasteiger partial charge in [-0.1, -0.05) is 20.8 Å². The first-order valence-electron chi connectivity index (χ1n) is 8.22. The Morgan fingerprint density at radius 2 is 2.04 bits per heavy atom. The van der Waals surface area contributed by atoms with E-state index in [2.05, 4.69) is 26.8 Å². The molecule has 1 aliphatic rings. The van der Waals surface area contributed by atoms with E-state index in [9.17, 15) is 4.79 Å². The highest BCUT2D eigenvalue weighted by Gasteiger charge is 2.20. The van der Waals surface area contributed by atoms with E-state index in [-0.39, 0.29) is 5.97 Å². The lowest BCUT2D eigenvalue weighted by atomic mass is 10.1. The van der Waals surface area contributed by atoms with Crippen molar-refractivity contribution in [1.29, 1.82) is 0 Å². The van der Waals surface area contributed by atoms with Gasteiger partial charge in [-0.05, 0) is 19.4 Å². The fraction of sp³-hybridized carbons (Fsp3) is 0.529. The number of carbonyl (C=O) groups is 1. The number of cyclic esters (lactones) is 1. The number of rotatable bonds is 2. The first kappa shape index (κ1) is 17.1. The summed E-state index contributed by atoms with van der Waals surface area (Å²) >= 11 is 0. The van der Waals surface area contributed by atoms with Crippen molar-refractivity contribution in [3.8, 4) is 0 Å². The highest BCUT2D eigenvalue weighted by Crippen LogP contribution is 2.27. The van der Waals surface area contributed by atoms with Gasteiger partial charge in [0, 0.05) is 12.7 Å². The van der Waals surface area contributed by atoms with Crippen LogP contribution in [0.4, 0.5) is 5.82 Å². The number of aromatic nitrogens is 3. The molecular formula is C17H24N4O2. The lowest BCUT2D eigenvalue weighted by Crippen LogP contribution is -2.27. The van der Waals surface area contributed by atoms with Crippen molar-refractivity contribution in [3.05, 3.63) is 23.8 Å². The van der Waals surface area contributed by atoms with Crippen LogP contribution in [0.15, 0.2) is 12.3 Å². The van der Waals surface area contributed by atoms with E-state index in [0.29, 0.717) is 26.1 Å². The van der Waals surface area contributed by atoms with E-state index in [0.717, 1.165) is 34.7 Å². The molecule has 0 bridgehead atoms. The summed E-state index contributed by atoms with van der Waals surface area (Å²) in [6, 6.07) is 1.91. The molecule has 2 aromatic heterocycles. The van der Waals surface area contributed by atoms with Crippen molar-refractivity contribution in [3.63, 3.8) is 0 Å². The Hall–Kier alpha value is -2.24. The van der Waals surface area contributed by atoms with Crippen LogP contribution in [0.3, 0.4) is 0 Å². The Morgan fingerprint density at radius 3 is 2.78 bits per heavy atom. The van der Waals surface area contributed by atoms with E-state index >= 15 is 0 Å². The summed E-state index contributed by atoms with van der Waals surface area (Å²) in [6.45, 7) is 9.61. The van der Waals surface area contributed by atoms with E-state index in [4.69, 9.17) is 4.74 Å². The van der Waals surface area contributed by atoms with Gasteiger partial charge in [0.25, 0.3) is 0 Å². The molecule has 0 radical (unpaired) electrons. The minimum Gasteiger partial charge on any atom is -0.464 e. The van der Waals surface area contributed by atoms with Crippen LogP contribution >= 0.6 is 0 Å². The molecule has 2 aromatic rings. The van der Waals surface area contributed by atoms with Gasteiger partial charge in [-0.25, -0.2) is 9.97 Å². The molecule has 3 heterocycles. The molecular weight excluding hydrogens is 292 g/mol. The molecule has 23 heavy (non-hydrogen) atoms. The maximum atomic E-state index is 11.4. The number of carbonyl (C=O) groups excluding carboxylic acids is 1. The van der Waals surface area contributed by atoms with Gasteiger partial charge in [-0.3, -0.25) is 9.78 Å². The Morgan fingerprint density at radius 1 is 1.26 bits per heavy atom. The van der Waals surface area contributed by atoms with E-state index < -0.39 is 0 Å². The number of aryl methyl sites for hydroxylation is 2. The molecule has 0 N–H and O–H groups in total. The maximum Gasteiger partial charge on any atom is 0.307 e. The van der Waals surface area contributed by atoms with Crippen molar-refractivity contribution >= 4 is 22.7 Å². The number of anilines is 1. The smallest absolute Gasteiger partial charge is 0.307 e. The Balaban J connectivity index is 0.000000924. The SMILES string of the molecule is CC.CCc1nccc2nc(C)nc(N3CCOC(=O)CC3)c12. The molecule has 0 spiro atoms. The number of nitrogens with zero attached hydrogens (tertiary/aromatic N) is 4. The summed E-state index contributed by atoms with van der Waals surface area (Å²) in [7, 11) is 0. The summed E-state index contributed by atoms with van der Waals surface area (Å²) in [5.41, 5.74) is 1.89. The molecule has 6 heteroatoms. The lowest BCUT2D eigenvalue weighted by molar-refractivity contribution is -0.142. The van der Waals surface area contributed by atoms with Gasteiger partial charge in [0.1, 0.15) is 18.2 Å². The monoisotopic (exact) mass is 316 g/mol. The molecule has 0 saturated carbocycles. The van der Waals surface area contributed by atoms with E-state index in [1.165, 1.54) is 0 Å². The first-order valence-corrected chi connectivity index (χ1v) is 8.22. The summed E-state index contributed by atoms with van der Waals surface area (Å²) in [5.74, 6) is 1.43. The molecule has 1 fully saturated rings. The quantitative estimate of drug-likeness (QED) is 0.794. The third-order valence-corrected chi connectivity index (χ3v) is 3.63. The number of fused-ring (bicyclic) bond motifs is 1. The fourth-order valence-corrected chi connectivity index (χ4v) is 2.63. The van der Waals surface area contributed by atoms with E-state index in [1.54, 1.807) is 6.20 Å². The van der Waals surface area contributed by atoms with Crippen LogP contribution in [-0.4, -0.2) is 40.6 Å². The molecule has 0 aromatic carbocycles. The van der Waals surface area contributed by atoms with Crippen LogP contribution in [0.5, 0.6) is 0 Å². The third kappa shape index (κ3) is 3.75. The molecule has 0 unspecified atom stereocenters. The van der Waals surface area contributed by atoms with Gasteiger partial charge in [0.15, 0.2) is 0 Å². The number of ether oxygens (including phenoxy) is 1. The summed E-state index contributed by atoms with van der Waals surface area (Å²) in [5, 5.41) is 0.986. The van der Waals surface area contributed by atoms with Gasteiger partial charge in [0.05, 0.1) is 29.6 Å². The van der Waals surface area contributed by atoms with Crippen molar-refractivity contribution in [2.45, 2.75) is 40.5 Å². The zero-order chi connectivity index (χ0) is 16.8. The van der Waals surface area contributed by atoms with Crippen molar-refractivity contribution in [2.75, 3.05) is 24.6 Å². The zero-order valence-corrected chi connectivity index (χ0v) is 14.3. The molecule has 1 aliphatic heterocycles. The van der Waals surface area contributed by atoms with Gasteiger partial charge >= 0.3 is 5.97 Å². The van der Waals surface area contributed by atoms with Crippen molar-refractivity contribution in [2.24, 2.45) is 0 Å². The fourth-order valence-electron chi connectivity index (χ4n) is 2.63. The van der Waals surface area contributed by atoms with Crippen LogP contribution < -0.4 is 4.90 Å². The van der Waals surface area contributed by atoms with Crippen LogP contribution in [0.25, 0.3) is 10.9 Å². The van der Waals surface area contributed by atoms with Gasteiger partial charge in [0.2, 0.25) is 0 Å². The van der Waals surface area contributed by atoms with Crippen molar-refractivity contribution in [1.82, 2.24) is 15.0 Å². The number of hydrogen-bond acceptors (Lipinski definition) is 6. The van der Waals surface area contributed by atoms with Crippen LogP contribution in [0.1, 0.15) is 38.7 Å². The molecule has 3 rings (SSSR count). The van der Waals surface area contributed by atoms with Gasteiger partial charge in [-0.2, -0.15) is 0 Å². The van der Waals surface area contributed by atoms with Gasteiger partial charge < -0.3 is 9.64 Å². The lowest BCUT2D eigenvalue weighted by Gasteiger charge is -2.22. The first-order chi connectivity index (χ1) is 11.2. The minimum atomic E-state index is -0.151. The standard InChI is InChI=1S/C15H18N4O2.C2H6/c1-3-11-14-12(4-6-16-11)17-10(2)18-15(14)19-7-5-13(20)21-9-8-19;1-2/h4,6H,3,5,7-9H2,1-2H3;1-2H3. The molecule has 0 amide bonds. The summed E-state index contributed by atoms with van der Waals surface area (Å²) in [4.78, 5) is 27.1. The highest BCUT2D eigenvalue weighted by atomic mass is 16.5. The minimum absolute atomic E-state index is 0.151. The molecule has 124 valence electrons. The van der Waals surface area contributed by atoms with Crippen LogP contribution in [-0.2, 0) is 16.0 Å². The molecule has 0 aliphatic carbocycles. The van der Waals surface area contributed by atoms with Gasteiger partial charge in [-0.15, -0.1) is 0 Å². The predicted molar refractivity (Wildman–Crippen MR) is 90.6 cm³/mol. The average molecular weight is 316 g/mol. The normalized spacial score (nSPS) is 14.8. The Kier molecular flexibility index (Phi) is 5.84. The highest BCUT2D eigenvalue weighted by molar-refractivity contribution is 5.91. The number of pyridine rings is 1. The second-order valence-electron chi connectivity index (χ2n) is 5.06. The second kappa shape index (κ2) is 7.85. The van der Waals surface area contributed by atoms with Crippen molar-refractivity contribution < 1.29 is 9.53 Å². The topological polar surface area (TPSA) is 68.2 Å². The zero-order valence-electron chi connectivity index (χ0n) is 14.3. The average Bonchev–Trinajstić information content (AvgIpc) is 2.79. The van der Waals surface area contributed by atoms with Crippen LogP contribution in [0.2, 0.25) is 0 Å². The van der Waals surface area contributed by atoms with Crippen LogP contribution in [0, 0.1) is 6.92 Å². The Labute approximate surface area is 136 Å². The Bertz CT molecular complexity index is 688. The molecule has 0 atom stereocenters. The summed E-state index contributed by atoms with van der Waals surface area (Å²) in [6.07, 6.45) is 2.98. The number of hydrogen-bond donors (Lipinski definition) is 0. The number of esters is 1. The predicted octanol–water partition coefficient (Wildman–Crippen LogP) is 2.68. The third-order valence-electron chi connectivity index (χ3n) is 3.63. The summed E-state index contributed by atoms with van der Waals surface area (Å²) < 4.78 is 5.11. The molecule has 6 nitrogen and oxygen atoms in total. The largest absolute Gasteiger partial charge is 0.464 e. The van der Waals surface area contributed by atoms with E-state index in [1.807, 2.05) is 26.8 Å². The molecule has 1 saturated heterocycles. The second-order valence-corrected chi connectivity index (χ2v) is 5.06. The maximum absolute atomic E-state index is 11.4.